The summed E-state index contributed by atoms with van der Waals surface area (Å²) in [5, 5.41) is 0.804. The molecule has 1 heteroatoms. The van der Waals surface area contributed by atoms with Gasteiger partial charge in [0.15, 0.2) is 0 Å². The van der Waals surface area contributed by atoms with Gasteiger partial charge in [0.2, 0.25) is 0 Å². The standard InChI is InChI=1S/C20H13Br/c21-20-17-12-6-4-10-15(17)19(14-8-2-1-3-9-14)16-11-5-7-13-18(16)20/h1-13H/i4D,5D,6D,7D,10D,11D,12D,13D. The molecule has 4 rings (SSSR count). The molecule has 0 spiro atoms. The average Bonchev–Trinajstić information content (AvgIpc) is 2.72. The molecule has 0 amide bonds. The summed E-state index contributed by atoms with van der Waals surface area (Å²) in [5.41, 5.74) is 0.961. The molecule has 100 valence electrons. The van der Waals surface area contributed by atoms with Crippen LogP contribution in [0.2, 0.25) is 0 Å². The van der Waals surface area contributed by atoms with E-state index in [2.05, 4.69) is 15.9 Å². The Morgan fingerprint density at radius 2 is 1.14 bits per heavy atom. The fourth-order valence-electron chi connectivity index (χ4n) is 2.47. The molecule has 0 unspecified atom stereocenters. The summed E-state index contributed by atoms with van der Waals surface area (Å²) in [4.78, 5) is 0. The van der Waals surface area contributed by atoms with Gasteiger partial charge >= 0.3 is 0 Å². The van der Waals surface area contributed by atoms with E-state index in [-0.39, 0.29) is 50.2 Å². The zero-order valence-electron chi connectivity index (χ0n) is 18.8. The topological polar surface area (TPSA) is 0 Å². The molecule has 0 saturated carbocycles. The van der Waals surface area contributed by atoms with Crippen LogP contribution in [-0.4, -0.2) is 0 Å². The Bertz CT molecular complexity index is 1250. The van der Waals surface area contributed by atoms with Crippen LogP contribution in [0, 0.1) is 0 Å². The van der Waals surface area contributed by atoms with Crippen LogP contribution < -0.4 is 0 Å². The Hall–Kier alpha value is -2.12. The normalized spacial score (nSPS) is 16.4. The Kier molecular flexibility index (Phi) is 1.61. The van der Waals surface area contributed by atoms with Crippen molar-refractivity contribution in [1.29, 1.82) is 0 Å². The zero-order valence-corrected chi connectivity index (χ0v) is 12.4. The van der Waals surface area contributed by atoms with Gasteiger partial charge in [-0.05, 0) is 48.6 Å². The summed E-state index contributed by atoms with van der Waals surface area (Å²) in [5.74, 6) is 0. The highest BCUT2D eigenvalue weighted by molar-refractivity contribution is 9.10. The van der Waals surface area contributed by atoms with Gasteiger partial charge in [0.1, 0.15) is 0 Å². The predicted molar refractivity (Wildman–Crippen MR) is 94.6 cm³/mol. The number of halogens is 1. The molecule has 0 fully saturated rings. The van der Waals surface area contributed by atoms with Crippen LogP contribution in [0.1, 0.15) is 11.0 Å². The van der Waals surface area contributed by atoms with Crippen molar-refractivity contribution in [1.82, 2.24) is 0 Å². The first kappa shape index (κ1) is 6.76. The third kappa shape index (κ3) is 1.97. The summed E-state index contributed by atoms with van der Waals surface area (Å²) in [6.45, 7) is 0. The molecule has 0 bridgehead atoms. The van der Waals surface area contributed by atoms with Gasteiger partial charge in [-0.2, -0.15) is 0 Å². The van der Waals surface area contributed by atoms with Gasteiger partial charge in [0.05, 0.1) is 11.0 Å². The van der Waals surface area contributed by atoms with Crippen LogP contribution in [0.3, 0.4) is 0 Å². The average molecular weight is 341 g/mol. The van der Waals surface area contributed by atoms with E-state index in [1.807, 2.05) is 0 Å². The number of hydrogen-bond acceptors (Lipinski definition) is 0. The van der Waals surface area contributed by atoms with Crippen molar-refractivity contribution < 1.29 is 11.0 Å². The maximum atomic E-state index is 8.50. The Morgan fingerprint density at radius 3 is 1.67 bits per heavy atom. The van der Waals surface area contributed by atoms with Crippen molar-refractivity contribution in [2.75, 3.05) is 0 Å². The van der Waals surface area contributed by atoms with E-state index in [0.717, 1.165) is 0 Å². The van der Waals surface area contributed by atoms with Crippen LogP contribution in [0.4, 0.5) is 0 Å². The van der Waals surface area contributed by atoms with Gasteiger partial charge < -0.3 is 0 Å². The van der Waals surface area contributed by atoms with Crippen molar-refractivity contribution >= 4 is 37.5 Å². The Balaban J connectivity index is 2.49. The molecule has 4 aromatic rings. The van der Waals surface area contributed by atoms with Gasteiger partial charge in [-0.3, -0.25) is 0 Å². The number of rotatable bonds is 1. The summed E-state index contributed by atoms with van der Waals surface area (Å²) in [6.07, 6.45) is 0. The molecular formula is C20H13Br. The lowest BCUT2D eigenvalue weighted by atomic mass is 9.92. The molecule has 4 aromatic carbocycles. The maximum absolute atomic E-state index is 8.50. The molecule has 0 aliphatic heterocycles. The largest absolute Gasteiger partial charge is 0.0630 e. The first-order valence-corrected chi connectivity index (χ1v) is 7.14. The van der Waals surface area contributed by atoms with Gasteiger partial charge in [0, 0.05) is 4.47 Å². The lowest BCUT2D eigenvalue weighted by molar-refractivity contribution is 1.66. The zero-order chi connectivity index (χ0) is 21.2. The second kappa shape index (κ2) is 5.01. The van der Waals surface area contributed by atoms with E-state index in [1.165, 1.54) is 0 Å². The highest BCUT2D eigenvalue weighted by Crippen LogP contribution is 2.41. The first-order valence-electron chi connectivity index (χ1n) is 10.3. The van der Waals surface area contributed by atoms with Crippen LogP contribution in [0.15, 0.2) is 83.1 Å². The number of hydrogen-bond donors (Lipinski definition) is 0. The van der Waals surface area contributed by atoms with Crippen molar-refractivity contribution in [2.24, 2.45) is 0 Å². The fourth-order valence-corrected chi connectivity index (χ4v) is 3.07. The fraction of sp³-hybridized carbons (Fsp3) is 0. The van der Waals surface area contributed by atoms with Crippen molar-refractivity contribution in [3.63, 3.8) is 0 Å². The van der Waals surface area contributed by atoms with Gasteiger partial charge in [-0.15, -0.1) is 0 Å². The summed E-state index contributed by atoms with van der Waals surface area (Å²) >= 11 is 3.38. The summed E-state index contributed by atoms with van der Waals surface area (Å²) < 4.78 is 66.4. The van der Waals surface area contributed by atoms with E-state index in [1.54, 1.807) is 30.3 Å². The minimum absolute atomic E-state index is 0.187. The number of benzene rings is 4. The maximum Gasteiger partial charge on any atom is 0.0630 e. The molecule has 0 saturated heterocycles. The molecule has 0 aromatic heterocycles. The van der Waals surface area contributed by atoms with E-state index in [9.17, 15) is 0 Å². The van der Waals surface area contributed by atoms with E-state index < -0.39 is 24.2 Å². The Labute approximate surface area is 143 Å². The smallest absolute Gasteiger partial charge is 0.0622 e. The minimum atomic E-state index is -0.401. The lowest BCUT2D eigenvalue weighted by Crippen LogP contribution is -1.86. The van der Waals surface area contributed by atoms with Gasteiger partial charge in [0.25, 0.3) is 0 Å². The molecule has 0 heterocycles. The molecule has 0 aliphatic carbocycles. The van der Waals surface area contributed by atoms with Crippen LogP contribution in [0.5, 0.6) is 0 Å². The first-order chi connectivity index (χ1) is 13.7. The summed E-state index contributed by atoms with van der Waals surface area (Å²) in [7, 11) is 0. The van der Waals surface area contributed by atoms with Gasteiger partial charge in [-0.25, -0.2) is 0 Å². The highest BCUT2D eigenvalue weighted by atomic mass is 79.9. The van der Waals surface area contributed by atoms with Crippen LogP contribution >= 0.6 is 15.9 Å². The molecule has 0 radical (unpaired) electrons. The molecular weight excluding hydrogens is 320 g/mol. The third-order valence-electron chi connectivity index (χ3n) is 3.38. The quantitative estimate of drug-likeness (QED) is 0.350. The monoisotopic (exact) mass is 340 g/mol. The second-order valence-electron chi connectivity index (χ2n) is 4.56. The molecule has 0 nitrogen and oxygen atoms in total. The lowest BCUT2D eigenvalue weighted by Gasteiger charge is -2.14. The van der Waals surface area contributed by atoms with Crippen molar-refractivity contribution in [2.45, 2.75) is 0 Å². The second-order valence-corrected chi connectivity index (χ2v) is 5.35. The van der Waals surface area contributed by atoms with E-state index in [4.69, 9.17) is 11.0 Å². The molecule has 0 N–H and O–H groups in total. The third-order valence-corrected chi connectivity index (χ3v) is 4.17. The van der Waals surface area contributed by atoms with Gasteiger partial charge in [-0.1, -0.05) is 78.7 Å². The van der Waals surface area contributed by atoms with E-state index in [0.29, 0.717) is 11.1 Å². The van der Waals surface area contributed by atoms with Crippen LogP contribution in [0.25, 0.3) is 32.7 Å². The van der Waals surface area contributed by atoms with Crippen LogP contribution in [-0.2, 0) is 0 Å². The molecule has 21 heavy (non-hydrogen) atoms. The SMILES string of the molecule is [2H]c1c([2H])c([2H])c2c(-c3ccccc3)c3c([2H])c([2H])c([2H])c([2H])c3c(Br)c2c1[2H]. The predicted octanol–water partition coefficient (Wildman–Crippen LogP) is 6.42. The molecule has 0 aliphatic rings. The van der Waals surface area contributed by atoms with Crippen molar-refractivity contribution in [3.8, 4) is 11.1 Å². The Morgan fingerprint density at radius 1 is 0.667 bits per heavy atom. The summed E-state index contributed by atoms with van der Waals surface area (Å²) in [6, 6.07) is 6.22. The number of fused-ring (bicyclic) bond motifs is 2. The van der Waals surface area contributed by atoms with E-state index >= 15 is 0 Å². The minimum Gasteiger partial charge on any atom is -0.0622 e. The highest BCUT2D eigenvalue weighted by Gasteiger charge is 2.12. The van der Waals surface area contributed by atoms with Crippen molar-refractivity contribution in [3.05, 3.63) is 83.1 Å². The molecule has 0 atom stereocenters.